The summed E-state index contributed by atoms with van der Waals surface area (Å²) in [7, 11) is 2.03. The van der Waals surface area contributed by atoms with Crippen molar-refractivity contribution in [2.24, 2.45) is 0 Å². The summed E-state index contributed by atoms with van der Waals surface area (Å²) in [6.07, 6.45) is 6.52. The quantitative estimate of drug-likeness (QED) is 0.869. The Balaban J connectivity index is 1.59. The molecule has 28 heavy (non-hydrogen) atoms. The van der Waals surface area contributed by atoms with Gasteiger partial charge in [0.1, 0.15) is 18.0 Å². The van der Waals surface area contributed by atoms with Gasteiger partial charge < -0.3 is 19.7 Å². The molecule has 8 nitrogen and oxygen atoms in total. The predicted molar refractivity (Wildman–Crippen MR) is 108 cm³/mol. The van der Waals surface area contributed by atoms with Crippen molar-refractivity contribution in [2.45, 2.75) is 45.1 Å². The molecule has 0 atom stereocenters. The van der Waals surface area contributed by atoms with Crippen LogP contribution in [-0.2, 0) is 16.8 Å². The number of piperidine rings is 1. The lowest BCUT2D eigenvalue weighted by Gasteiger charge is -2.50. The number of rotatable bonds is 4. The van der Waals surface area contributed by atoms with E-state index in [1.54, 1.807) is 12.7 Å². The number of nitrogens with zero attached hydrogens (tertiary/aromatic N) is 6. The van der Waals surface area contributed by atoms with E-state index in [2.05, 4.69) is 47.6 Å². The maximum absolute atomic E-state index is 12.7. The summed E-state index contributed by atoms with van der Waals surface area (Å²) in [6, 6.07) is 2.05. The Bertz CT molecular complexity index is 841. The number of H-pyrrole nitrogens is 1. The molecule has 1 spiro atoms. The number of aromatic amines is 1. The topological polar surface area (TPSA) is 81.3 Å². The van der Waals surface area contributed by atoms with Crippen LogP contribution in [0.4, 0.5) is 11.6 Å². The minimum Gasteiger partial charge on any atom is -0.360 e. The molecule has 2 aliphatic heterocycles. The van der Waals surface area contributed by atoms with Crippen molar-refractivity contribution >= 4 is 17.5 Å². The molecule has 1 saturated heterocycles. The molecule has 4 heterocycles. The van der Waals surface area contributed by atoms with Crippen molar-refractivity contribution in [3.05, 3.63) is 30.1 Å². The van der Waals surface area contributed by atoms with Gasteiger partial charge in [-0.3, -0.25) is 4.79 Å². The van der Waals surface area contributed by atoms with Crippen molar-refractivity contribution in [3.8, 4) is 0 Å². The Labute approximate surface area is 166 Å². The molecule has 0 bridgehead atoms. The van der Waals surface area contributed by atoms with Crippen LogP contribution in [0.1, 0.15) is 44.5 Å². The average molecular weight is 384 g/mol. The molecule has 2 aliphatic rings. The second-order valence-corrected chi connectivity index (χ2v) is 7.65. The molecule has 0 aromatic carbocycles. The third-order valence-corrected chi connectivity index (χ3v) is 6.28. The van der Waals surface area contributed by atoms with Crippen LogP contribution in [0.2, 0.25) is 0 Å². The summed E-state index contributed by atoms with van der Waals surface area (Å²) in [6.45, 7) is 7.39. The Morgan fingerprint density at radius 2 is 2.00 bits per heavy atom. The first-order valence-electron chi connectivity index (χ1n) is 10.2. The van der Waals surface area contributed by atoms with E-state index < -0.39 is 0 Å². The van der Waals surface area contributed by atoms with Crippen LogP contribution in [-0.4, -0.2) is 64.0 Å². The number of hydrogen-bond donors (Lipinski definition) is 1. The minimum atomic E-state index is -0.298. The second kappa shape index (κ2) is 7.41. The number of amides is 1. The van der Waals surface area contributed by atoms with Gasteiger partial charge in [0, 0.05) is 57.8 Å². The molecule has 1 amide bonds. The zero-order chi connectivity index (χ0) is 19.7. The summed E-state index contributed by atoms with van der Waals surface area (Å²) in [5.74, 6) is 2.10. The first-order chi connectivity index (χ1) is 13.6. The van der Waals surface area contributed by atoms with E-state index in [4.69, 9.17) is 0 Å². The normalized spacial score (nSPS) is 18.2. The lowest BCUT2D eigenvalue weighted by molar-refractivity contribution is -0.140. The van der Waals surface area contributed by atoms with E-state index in [0.29, 0.717) is 6.42 Å². The fourth-order valence-electron chi connectivity index (χ4n) is 4.53. The van der Waals surface area contributed by atoms with Gasteiger partial charge in [-0.15, -0.1) is 0 Å². The van der Waals surface area contributed by atoms with Crippen molar-refractivity contribution < 1.29 is 4.79 Å². The van der Waals surface area contributed by atoms with Crippen LogP contribution in [0.25, 0.3) is 0 Å². The second-order valence-electron chi connectivity index (χ2n) is 7.65. The number of anilines is 2. The van der Waals surface area contributed by atoms with Crippen LogP contribution in [0, 0.1) is 0 Å². The van der Waals surface area contributed by atoms with Crippen molar-refractivity contribution in [1.29, 1.82) is 0 Å². The molecular weight excluding hydrogens is 354 g/mol. The summed E-state index contributed by atoms with van der Waals surface area (Å²) in [5, 5.41) is 0. The standard InChI is InChI=1S/C20H29N7O/c1-4-18(28)27-9-6-15-19(24-13-21-15)20(27)7-10-26(11-8-20)17-12-16(22-14-23-17)25(3)5-2/h12-14H,4-11H2,1-3H3,(H,21,24). The van der Waals surface area contributed by atoms with E-state index in [0.717, 1.165) is 62.8 Å². The van der Waals surface area contributed by atoms with Gasteiger partial charge in [-0.1, -0.05) is 6.92 Å². The largest absolute Gasteiger partial charge is 0.360 e. The molecule has 150 valence electrons. The predicted octanol–water partition coefficient (Wildman–Crippen LogP) is 1.95. The summed E-state index contributed by atoms with van der Waals surface area (Å²) in [4.78, 5) is 36.0. The van der Waals surface area contributed by atoms with Crippen LogP contribution >= 0.6 is 0 Å². The average Bonchev–Trinajstić information content (AvgIpc) is 3.24. The fraction of sp³-hybridized carbons (Fsp3) is 0.600. The van der Waals surface area contributed by atoms with E-state index in [-0.39, 0.29) is 11.4 Å². The van der Waals surface area contributed by atoms with Gasteiger partial charge in [0.25, 0.3) is 0 Å². The Hall–Kier alpha value is -2.64. The molecule has 1 N–H and O–H groups in total. The first-order valence-corrected chi connectivity index (χ1v) is 10.2. The number of nitrogens with one attached hydrogen (secondary N) is 1. The minimum absolute atomic E-state index is 0.219. The van der Waals surface area contributed by atoms with Crippen LogP contribution in [0.5, 0.6) is 0 Å². The number of carbonyl (C=O) groups excluding carboxylic acids is 1. The molecule has 1 fully saturated rings. The first kappa shape index (κ1) is 18.7. The molecule has 0 saturated carbocycles. The number of aromatic nitrogens is 4. The van der Waals surface area contributed by atoms with E-state index >= 15 is 0 Å². The highest BCUT2D eigenvalue weighted by molar-refractivity contribution is 5.77. The molecule has 0 unspecified atom stereocenters. The maximum atomic E-state index is 12.7. The van der Waals surface area contributed by atoms with Crippen molar-refractivity contribution in [3.63, 3.8) is 0 Å². The monoisotopic (exact) mass is 383 g/mol. The lowest BCUT2D eigenvalue weighted by atomic mass is 9.78. The Morgan fingerprint density at radius 3 is 2.71 bits per heavy atom. The third kappa shape index (κ3) is 3.00. The zero-order valence-electron chi connectivity index (χ0n) is 17.0. The molecule has 8 heteroatoms. The van der Waals surface area contributed by atoms with E-state index in [1.807, 2.05) is 14.0 Å². The van der Waals surface area contributed by atoms with Gasteiger partial charge in [0.05, 0.1) is 17.6 Å². The molecular formula is C20H29N7O. The van der Waals surface area contributed by atoms with Crippen LogP contribution < -0.4 is 9.80 Å². The van der Waals surface area contributed by atoms with Crippen molar-refractivity contribution in [1.82, 2.24) is 24.8 Å². The molecule has 0 aliphatic carbocycles. The van der Waals surface area contributed by atoms with E-state index in [9.17, 15) is 4.79 Å². The van der Waals surface area contributed by atoms with E-state index in [1.165, 1.54) is 5.69 Å². The number of imidazole rings is 1. The highest BCUT2D eigenvalue weighted by atomic mass is 16.2. The molecule has 2 aromatic heterocycles. The van der Waals surface area contributed by atoms with Crippen LogP contribution in [0.15, 0.2) is 18.7 Å². The number of hydrogen-bond acceptors (Lipinski definition) is 6. The highest BCUT2D eigenvalue weighted by Gasteiger charge is 2.48. The molecule has 4 rings (SSSR count). The number of carbonyl (C=O) groups is 1. The van der Waals surface area contributed by atoms with Gasteiger partial charge >= 0.3 is 0 Å². The van der Waals surface area contributed by atoms with Gasteiger partial charge in [0.2, 0.25) is 5.91 Å². The highest BCUT2D eigenvalue weighted by Crippen LogP contribution is 2.43. The molecule has 2 aromatic rings. The Kier molecular flexibility index (Phi) is 4.95. The third-order valence-electron chi connectivity index (χ3n) is 6.28. The smallest absolute Gasteiger partial charge is 0.223 e. The van der Waals surface area contributed by atoms with Gasteiger partial charge in [0.15, 0.2) is 0 Å². The SMILES string of the molecule is CCC(=O)N1CCc2[nH]cnc2C12CCN(c1cc(N(C)CC)ncn1)CC2. The molecule has 0 radical (unpaired) electrons. The van der Waals surface area contributed by atoms with Crippen molar-refractivity contribution in [2.75, 3.05) is 43.0 Å². The van der Waals surface area contributed by atoms with Gasteiger partial charge in [-0.2, -0.15) is 0 Å². The maximum Gasteiger partial charge on any atom is 0.223 e. The Morgan fingerprint density at radius 1 is 1.21 bits per heavy atom. The fourth-order valence-corrected chi connectivity index (χ4v) is 4.53. The summed E-state index contributed by atoms with van der Waals surface area (Å²) in [5.41, 5.74) is 1.95. The van der Waals surface area contributed by atoms with Gasteiger partial charge in [-0.25, -0.2) is 15.0 Å². The summed E-state index contributed by atoms with van der Waals surface area (Å²) >= 11 is 0. The summed E-state index contributed by atoms with van der Waals surface area (Å²) < 4.78 is 0. The lowest BCUT2D eigenvalue weighted by Crippen LogP contribution is -2.58. The van der Waals surface area contributed by atoms with Crippen LogP contribution in [0.3, 0.4) is 0 Å². The van der Waals surface area contributed by atoms with Gasteiger partial charge in [-0.05, 0) is 19.8 Å². The number of fused-ring (bicyclic) bond motifs is 2. The zero-order valence-corrected chi connectivity index (χ0v) is 17.0.